The molecule has 1 heterocycles. The number of aromatic nitrogens is 1. The average Bonchev–Trinajstić information content (AvgIpc) is 2.93. The molecule has 3 heteroatoms. The molecule has 0 radical (unpaired) electrons. The van der Waals surface area contributed by atoms with E-state index in [9.17, 15) is 0 Å². The van der Waals surface area contributed by atoms with Gasteiger partial charge in [0, 0.05) is 13.0 Å². The summed E-state index contributed by atoms with van der Waals surface area (Å²) in [6.07, 6.45) is 0.866. The fourth-order valence-electron chi connectivity index (χ4n) is 2.31. The van der Waals surface area contributed by atoms with E-state index >= 15 is 0 Å². The number of rotatable bonds is 4. The predicted molar refractivity (Wildman–Crippen MR) is 89.4 cm³/mol. The van der Waals surface area contributed by atoms with Crippen LogP contribution in [0.4, 0.5) is 0 Å². The number of nitrogens with two attached hydrogens (primary N) is 1. The van der Waals surface area contributed by atoms with Gasteiger partial charge in [0.05, 0.1) is 15.6 Å². The predicted octanol–water partition coefficient (Wildman–Crippen LogP) is 4.17. The highest BCUT2D eigenvalue weighted by atomic mass is 32.1. The lowest BCUT2D eigenvalue weighted by Crippen LogP contribution is -1.98. The zero-order valence-electron chi connectivity index (χ0n) is 12.0. The second-order valence-corrected chi connectivity index (χ2v) is 6.20. The Hall–Kier alpha value is -1.97. The van der Waals surface area contributed by atoms with Gasteiger partial charge in [0.1, 0.15) is 0 Å². The maximum Gasteiger partial charge on any atom is 0.0979 e. The third-order valence-electron chi connectivity index (χ3n) is 3.45. The van der Waals surface area contributed by atoms with Crippen molar-refractivity contribution >= 4 is 11.3 Å². The van der Waals surface area contributed by atoms with Gasteiger partial charge in [-0.1, -0.05) is 60.2 Å². The standard InChI is InChI=1S/C18H18N2S/c1-13-7-9-14(10-8-13)11-17-20-16(12-19)18(21-17)15-5-3-2-4-6-15/h2-10H,11-12,19H2,1H3. The molecule has 0 amide bonds. The van der Waals surface area contributed by atoms with Crippen LogP contribution in [-0.2, 0) is 13.0 Å². The Balaban J connectivity index is 1.91. The smallest absolute Gasteiger partial charge is 0.0979 e. The Morgan fingerprint density at radius 3 is 2.38 bits per heavy atom. The Bertz CT molecular complexity index is 715. The first kappa shape index (κ1) is 14.0. The largest absolute Gasteiger partial charge is 0.325 e. The molecule has 2 nitrogen and oxygen atoms in total. The van der Waals surface area contributed by atoms with Gasteiger partial charge >= 0.3 is 0 Å². The molecule has 0 unspecified atom stereocenters. The van der Waals surface area contributed by atoms with Crippen LogP contribution in [0.15, 0.2) is 54.6 Å². The van der Waals surface area contributed by atoms with E-state index < -0.39 is 0 Å². The van der Waals surface area contributed by atoms with Gasteiger partial charge in [-0.15, -0.1) is 11.3 Å². The first-order valence-corrected chi connectivity index (χ1v) is 7.87. The summed E-state index contributed by atoms with van der Waals surface area (Å²) < 4.78 is 0. The minimum Gasteiger partial charge on any atom is -0.325 e. The molecule has 21 heavy (non-hydrogen) atoms. The molecule has 0 bridgehead atoms. The van der Waals surface area contributed by atoms with Gasteiger partial charge in [-0.25, -0.2) is 4.98 Å². The lowest BCUT2D eigenvalue weighted by molar-refractivity contribution is 0.984. The van der Waals surface area contributed by atoms with Crippen LogP contribution in [-0.4, -0.2) is 4.98 Å². The van der Waals surface area contributed by atoms with E-state index in [0.29, 0.717) is 6.54 Å². The number of hydrogen-bond donors (Lipinski definition) is 1. The minimum atomic E-state index is 0.481. The van der Waals surface area contributed by atoms with Gasteiger partial charge in [0.2, 0.25) is 0 Å². The van der Waals surface area contributed by atoms with E-state index in [-0.39, 0.29) is 0 Å². The molecule has 3 aromatic rings. The lowest BCUT2D eigenvalue weighted by atomic mass is 10.1. The van der Waals surface area contributed by atoms with Crippen molar-refractivity contribution in [2.45, 2.75) is 19.9 Å². The Morgan fingerprint density at radius 2 is 1.71 bits per heavy atom. The summed E-state index contributed by atoms with van der Waals surface area (Å²) in [5, 5.41) is 1.12. The van der Waals surface area contributed by atoms with Crippen LogP contribution in [0.3, 0.4) is 0 Å². The van der Waals surface area contributed by atoms with Gasteiger partial charge in [-0.2, -0.15) is 0 Å². The van der Waals surface area contributed by atoms with Crippen molar-refractivity contribution in [3.8, 4) is 10.4 Å². The number of thiazole rings is 1. The maximum absolute atomic E-state index is 5.86. The van der Waals surface area contributed by atoms with Gasteiger partial charge in [-0.3, -0.25) is 0 Å². The summed E-state index contributed by atoms with van der Waals surface area (Å²) in [6, 6.07) is 19.0. The van der Waals surface area contributed by atoms with Crippen molar-refractivity contribution in [2.75, 3.05) is 0 Å². The number of aryl methyl sites for hydroxylation is 1. The second-order valence-electron chi connectivity index (χ2n) is 5.12. The van der Waals surface area contributed by atoms with Crippen molar-refractivity contribution in [2.24, 2.45) is 5.73 Å². The molecule has 0 atom stereocenters. The fourth-order valence-corrected chi connectivity index (χ4v) is 3.44. The summed E-state index contributed by atoms with van der Waals surface area (Å²) in [6.45, 7) is 2.59. The molecular weight excluding hydrogens is 276 g/mol. The van der Waals surface area contributed by atoms with Crippen molar-refractivity contribution in [3.63, 3.8) is 0 Å². The van der Waals surface area contributed by atoms with Crippen molar-refractivity contribution in [1.82, 2.24) is 4.98 Å². The van der Waals surface area contributed by atoms with E-state index in [2.05, 4.69) is 55.5 Å². The average molecular weight is 294 g/mol. The summed E-state index contributed by atoms with van der Waals surface area (Å²) in [4.78, 5) is 5.91. The molecule has 0 saturated heterocycles. The molecule has 0 aliphatic carbocycles. The Labute approximate surface area is 129 Å². The highest BCUT2D eigenvalue weighted by Crippen LogP contribution is 2.31. The molecule has 0 spiro atoms. The third kappa shape index (κ3) is 3.20. The molecule has 2 N–H and O–H groups in total. The summed E-state index contributed by atoms with van der Waals surface area (Å²) >= 11 is 1.75. The van der Waals surface area contributed by atoms with Crippen LogP contribution in [0.25, 0.3) is 10.4 Å². The van der Waals surface area contributed by atoms with E-state index in [1.807, 2.05) is 6.07 Å². The van der Waals surface area contributed by atoms with E-state index in [1.54, 1.807) is 11.3 Å². The zero-order chi connectivity index (χ0) is 14.7. The quantitative estimate of drug-likeness (QED) is 0.784. The monoisotopic (exact) mass is 294 g/mol. The molecule has 3 rings (SSSR count). The molecule has 0 fully saturated rings. The summed E-state index contributed by atoms with van der Waals surface area (Å²) in [7, 11) is 0. The zero-order valence-corrected chi connectivity index (χ0v) is 12.9. The fraction of sp³-hybridized carbons (Fsp3) is 0.167. The molecule has 0 saturated carbocycles. The van der Waals surface area contributed by atoms with E-state index in [0.717, 1.165) is 17.1 Å². The van der Waals surface area contributed by atoms with Crippen molar-refractivity contribution in [3.05, 3.63) is 76.4 Å². The molecule has 0 aliphatic rings. The molecular formula is C18H18N2S. The van der Waals surface area contributed by atoms with Gasteiger partial charge < -0.3 is 5.73 Å². The molecule has 2 aromatic carbocycles. The molecule has 1 aromatic heterocycles. The van der Waals surface area contributed by atoms with Gasteiger partial charge in [0.25, 0.3) is 0 Å². The van der Waals surface area contributed by atoms with Crippen LogP contribution in [0.2, 0.25) is 0 Å². The minimum absolute atomic E-state index is 0.481. The van der Waals surface area contributed by atoms with Crippen molar-refractivity contribution < 1.29 is 0 Å². The lowest BCUT2D eigenvalue weighted by Gasteiger charge is -1.98. The Kier molecular flexibility index (Phi) is 4.13. The normalized spacial score (nSPS) is 10.8. The number of nitrogens with zero attached hydrogens (tertiary/aromatic N) is 1. The van der Waals surface area contributed by atoms with Crippen molar-refractivity contribution in [1.29, 1.82) is 0 Å². The maximum atomic E-state index is 5.86. The van der Waals surface area contributed by atoms with Crippen LogP contribution >= 0.6 is 11.3 Å². The highest BCUT2D eigenvalue weighted by molar-refractivity contribution is 7.15. The first-order chi connectivity index (χ1) is 10.3. The van der Waals surface area contributed by atoms with Crippen LogP contribution in [0.1, 0.15) is 21.8 Å². The SMILES string of the molecule is Cc1ccc(Cc2nc(CN)c(-c3ccccc3)s2)cc1. The van der Waals surface area contributed by atoms with Crippen LogP contribution in [0.5, 0.6) is 0 Å². The summed E-state index contributed by atoms with van der Waals surface area (Å²) in [5.41, 5.74) is 10.6. The molecule has 106 valence electrons. The van der Waals surface area contributed by atoms with Gasteiger partial charge in [0.15, 0.2) is 0 Å². The Morgan fingerprint density at radius 1 is 1.00 bits per heavy atom. The van der Waals surface area contributed by atoms with Crippen LogP contribution in [0, 0.1) is 6.92 Å². The molecule has 0 aliphatic heterocycles. The first-order valence-electron chi connectivity index (χ1n) is 7.06. The topological polar surface area (TPSA) is 38.9 Å². The number of benzene rings is 2. The van der Waals surface area contributed by atoms with E-state index in [4.69, 9.17) is 10.7 Å². The number of hydrogen-bond acceptors (Lipinski definition) is 3. The van der Waals surface area contributed by atoms with Crippen LogP contribution < -0.4 is 5.73 Å². The van der Waals surface area contributed by atoms with Gasteiger partial charge in [-0.05, 0) is 18.1 Å². The van der Waals surface area contributed by atoms with E-state index in [1.165, 1.54) is 21.6 Å². The second kappa shape index (κ2) is 6.20. The summed E-state index contributed by atoms with van der Waals surface area (Å²) in [5.74, 6) is 0. The third-order valence-corrected chi connectivity index (χ3v) is 4.59. The highest BCUT2D eigenvalue weighted by Gasteiger charge is 2.12.